The third-order valence-corrected chi connectivity index (χ3v) is 8.25. The molecule has 0 fully saturated rings. The number of alkyl halides is 23. The molecule has 0 amide bonds. The Morgan fingerprint density at radius 2 is 0.494 bits per heavy atom. The van der Waals surface area contributed by atoms with E-state index in [1.165, 1.54) is 4.74 Å². The third kappa shape index (κ3) is 24.9. The molecule has 0 heterocycles. The van der Waals surface area contributed by atoms with Crippen molar-refractivity contribution < 1.29 is 182 Å². The van der Waals surface area contributed by atoms with Crippen LogP contribution in [0.15, 0.2) is 0 Å². The molecule has 0 aromatic carbocycles. The monoisotopic (exact) mass is 1200 g/mol. The highest BCUT2D eigenvalue weighted by Gasteiger charge is 2.88. The predicted octanol–water partition coefficient (Wildman–Crippen LogP) is 7.07. The highest BCUT2D eigenvalue weighted by Crippen LogP contribution is 2.59. The molecule has 77 heavy (non-hydrogen) atoms. The van der Waals surface area contributed by atoms with Crippen LogP contribution in [0, 0.1) is 0 Å². The number of methoxy groups -OCH3 is 1. The summed E-state index contributed by atoms with van der Waals surface area (Å²) in [7, 11) is 1.58. The number of hydrogen-bond acceptors (Lipinski definition) is 17. The first-order valence-corrected chi connectivity index (χ1v) is 21.3. The lowest BCUT2D eigenvalue weighted by Crippen LogP contribution is -2.70. The Morgan fingerprint density at radius 1 is 0.273 bits per heavy atom. The molecule has 3 atom stereocenters. The molecule has 462 valence electrons. The first-order chi connectivity index (χ1) is 35.4. The van der Waals surface area contributed by atoms with E-state index < -0.39 is 98.9 Å². The van der Waals surface area contributed by atoms with Gasteiger partial charge in [0.25, 0.3) is 0 Å². The number of ether oxygens (including phenoxy) is 16. The van der Waals surface area contributed by atoms with Crippen molar-refractivity contribution in [1.29, 1.82) is 0 Å². The summed E-state index contributed by atoms with van der Waals surface area (Å²) >= 11 is 0. The molecule has 0 aliphatic rings. The van der Waals surface area contributed by atoms with Crippen LogP contribution < -0.4 is 0 Å². The summed E-state index contributed by atoms with van der Waals surface area (Å²) in [5, 5.41) is 0. The van der Waals surface area contributed by atoms with E-state index in [2.05, 4.69) is 9.47 Å². The molecular formula is C37H51F23O17. The van der Waals surface area contributed by atoms with Crippen LogP contribution in [0.5, 0.6) is 0 Å². The number of esters is 1. The van der Waals surface area contributed by atoms with Crippen molar-refractivity contribution in [2.75, 3.05) is 166 Å². The molecular weight excluding hydrogens is 1150 g/mol. The van der Waals surface area contributed by atoms with Gasteiger partial charge < -0.3 is 61.6 Å². The fourth-order valence-electron chi connectivity index (χ4n) is 4.40. The van der Waals surface area contributed by atoms with Crippen molar-refractivity contribution in [2.24, 2.45) is 0 Å². The van der Waals surface area contributed by atoms with Gasteiger partial charge in [-0.1, -0.05) is 0 Å². The SMILES string of the molecule is COCCOCCOCCOCCOCCOCCOCCOCCOCCOCCOCCOCCOC(=O)C(F)(OC(F)(F)C(F)(OC(F)(F)C(F)(OC(F)(F)C(F)(F)C(F)(F)F)C(F)(F)F)C(F)(F)F)C(F)(F)F. The Hall–Kier alpha value is -2.74. The minimum atomic E-state index is -8.81. The average molecular weight is 1200 g/mol. The summed E-state index contributed by atoms with van der Waals surface area (Å²) in [6.45, 7) is 1.74. The van der Waals surface area contributed by atoms with Crippen LogP contribution in [-0.2, 0) is 80.6 Å². The highest BCUT2D eigenvalue weighted by atomic mass is 19.4. The smallest absolute Gasteiger partial charge is 0.459 e. The van der Waals surface area contributed by atoms with E-state index in [0.717, 1.165) is 4.74 Å². The van der Waals surface area contributed by atoms with Gasteiger partial charge >= 0.3 is 72.5 Å². The van der Waals surface area contributed by atoms with Gasteiger partial charge in [-0.05, 0) is 0 Å². The van der Waals surface area contributed by atoms with Gasteiger partial charge in [0.2, 0.25) is 0 Å². The highest BCUT2D eigenvalue weighted by molar-refractivity contribution is 5.78. The minimum Gasteiger partial charge on any atom is -0.459 e. The van der Waals surface area contributed by atoms with E-state index in [1.54, 1.807) is 11.8 Å². The normalized spacial score (nSPS) is 16.1. The first kappa shape index (κ1) is 74.3. The molecule has 0 N–H and O–H groups in total. The number of halogens is 23. The largest absolute Gasteiger partial charge is 0.462 e. The second-order valence-electron chi connectivity index (χ2n) is 14.1. The summed E-state index contributed by atoms with van der Waals surface area (Å²) in [4.78, 5) is 11.8. The lowest BCUT2D eigenvalue weighted by Gasteiger charge is -2.42. The van der Waals surface area contributed by atoms with Crippen molar-refractivity contribution in [3.05, 3.63) is 0 Å². The van der Waals surface area contributed by atoms with Crippen LogP contribution in [0.25, 0.3) is 0 Å². The average Bonchev–Trinajstić information content (AvgIpc) is 3.29. The summed E-state index contributed by atoms with van der Waals surface area (Å²) in [6, 6.07) is 0. The summed E-state index contributed by atoms with van der Waals surface area (Å²) < 4.78 is 380. The van der Waals surface area contributed by atoms with Gasteiger partial charge in [0, 0.05) is 7.11 Å². The molecule has 0 radical (unpaired) electrons. The second-order valence-corrected chi connectivity index (χ2v) is 14.1. The molecule has 0 aliphatic heterocycles. The molecule has 0 bridgehead atoms. The van der Waals surface area contributed by atoms with Gasteiger partial charge in [-0.15, -0.1) is 0 Å². The van der Waals surface area contributed by atoms with E-state index >= 15 is 0 Å². The topological polar surface area (TPSA) is 165 Å². The van der Waals surface area contributed by atoms with Gasteiger partial charge in [0.1, 0.15) is 6.61 Å². The van der Waals surface area contributed by atoms with E-state index in [9.17, 15) is 106 Å². The molecule has 0 aromatic heterocycles. The van der Waals surface area contributed by atoms with Gasteiger partial charge in [-0.3, -0.25) is 14.2 Å². The van der Waals surface area contributed by atoms with Gasteiger partial charge in [-0.25, -0.2) is 4.79 Å². The molecule has 0 spiro atoms. The summed E-state index contributed by atoms with van der Waals surface area (Å²) in [5.74, 6) is -36.9. The van der Waals surface area contributed by atoms with Crippen LogP contribution in [0.4, 0.5) is 101 Å². The Bertz CT molecular complexity index is 1580. The Balaban J connectivity index is 4.60. The van der Waals surface area contributed by atoms with Crippen LogP contribution in [0.2, 0.25) is 0 Å². The van der Waals surface area contributed by atoms with Crippen molar-refractivity contribution in [3.63, 3.8) is 0 Å². The molecule has 0 aromatic rings. The van der Waals surface area contributed by atoms with Crippen LogP contribution in [0.3, 0.4) is 0 Å². The van der Waals surface area contributed by atoms with Crippen molar-refractivity contribution in [3.8, 4) is 0 Å². The standard InChI is InChI=1S/C37H51F23O17/c1-62-2-3-63-4-5-64-6-7-65-8-9-66-10-11-67-12-13-68-14-15-69-16-17-70-18-19-71-20-21-72-22-23-73-24-25-74-26(61)27(38,31(43,44)45)75-36(57,58)29(41,33(49,50)51)77-37(59,60)30(42,34(52,53)54)76-35(55,56)28(39,40)32(46,47)48/h2-25H2,1H3. The summed E-state index contributed by atoms with van der Waals surface area (Å²) in [6.07, 6.45) is -58.0. The van der Waals surface area contributed by atoms with E-state index in [-0.39, 0.29) is 52.9 Å². The van der Waals surface area contributed by atoms with E-state index in [0.29, 0.717) is 79.3 Å². The quantitative estimate of drug-likeness (QED) is 0.0345. The molecule has 0 saturated heterocycles. The zero-order valence-electron chi connectivity index (χ0n) is 39.6. The molecule has 0 saturated carbocycles. The minimum absolute atomic E-state index is 0.0479. The molecule has 0 rings (SSSR count). The van der Waals surface area contributed by atoms with E-state index in [4.69, 9.17) is 52.1 Å². The number of carbonyl (C=O) groups is 1. The van der Waals surface area contributed by atoms with Gasteiger partial charge in [-0.2, -0.15) is 101 Å². The number of hydrogen-bond donors (Lipinski definition) is 0. The lowest BCUT2D eigenvalue weighted by atomic mass is 10.2. The Morgan fingerprint density at radius 3 is 0.714 bits per heavy atom. The molecule has 40 heteroatoms. The maximum Gasteiger partial charge on any atom is 0.462 e. The Kier molecular flexibility index (Phi) is 32.7. The van der Waals surface area contributed by atoms with Crippen LogP contribution in [0.1, 0.15) is 0 Å². The third-order valence-electron chi connectivity index (χ3n) is 8.25. The fraction of sp³-hybridized carbons (Fsp3) is 0.973. The zero-order chi connectivity index (χ0) is 59.4. The van der Waals surface area contributed by atoms with Crippen molar-refractivity contribution in [2.45, 2.75) is 66.5 Å². The van der Waals surface area contributed by atoms with Gasteiger partial charge in [0.15, 0.2) is 0 Å². The Labute approximate surface area is 420 Å². The maximum absolute atomic E-state index is 14.7. The van der Waals surface area contributed by atoms with Crippen molar-refractivity contribution in [1.82, 2.24) is 0 Å². The van der Waals surface area contributed by atoms with E-state index in [1.807, 2.05) is 0 Å². The molecule has 3 unspecified atom stereocenters. The molecule has 0 aliphatic carbocycles. The fourth-order valence-corrected chi connectivity index (χ4v) is 4.40. The summed E-state index contributed by atoms with van der Waals surface area (Å²) in [5.41, 5.74) is 0. The van der Waals surface area contributed by atoms with Crippen molar-refractivity contribution >= 4 is 5.97 Å². The maximum atomic E-state index is 14.7. The van der Waals surface area contributed by atoms with Crippen LogP contribution >= 0.6 is 0 Å². The predicted molar refractivity (Wildman–Crippen MR) is 201 cm³/mol. The second kappa shape index (κ2) is 33.9. The van der Waals surface area contributed by atoms with Gasteiger partial charge in [0.05, 0.1) is 152 Å². The molecule has 17 nitrogen and oxygen atoms in total. The lowest BCUT2D eigenvalue weighted by molar-refractivity contribution is -0.578. The van der Waals surface area contributed by atoms with Crippen LogP contribution in [-0.4, -0.2) is 238 Å². The zero-order valence-corrected chi connectivity index (χ0v) is 39.6. The number of rotatable bonds is 46. The number of carbonyl (C=O) groups excluding carboxylic acids is 1. The first-order valence-electron chi connectivity index (χ1n) is 21.3.